The maximum atomic E-state index is 4.83. The van der Waals surface area contributed by atoms with Crippen LogP contribution in [0.5, 0.6) is 0 Å². The molecule has 2 N–H and O–H groups in total. The highest BCUT2D eigenvalue weighted by Crippen LogP contribution is 2.15. The van der Waals surface area contributed by atoms with E-state index < -0.39 is 0 Å². The lowest BCUT2D eigenvalue weighted by Crippen LogP contribution is -2.45. The van der Waals surface area contributed by atoms with Crippen molar-refractivity contribution < 1.29 is 0 Å². The number of aryl methyl sites for hydroxylation is 1. The molecular formula is C22H35IN6S. The number of halogens is 1. The van der Waals surface area contributed by atoms with E-state index in [2.05, 4.69) is 70.5 Å². The first-order chi connectivity index (χ1) is 14.2. The summed E-state index contributed by atoms with van der Waals surface area (Å²) in [5.74, 6) is 0.840. The Labute approximate surface area is 202 Å². The highest BCUT2D eigenvalue weighted by molar-refractivity contribution is 14.0. The standard InChI is InChI=1S/C22H34N6S.HI/c1-4-23-22(26-16-21-24-14-18(3)29-21)25-15-19-8-6-7-9-20(19)17-28-12-10-27(5-2)11-13-28;/h6-9,14H,4-5,10-13,15-17H2,1-3H3,(H2,23,25,26);1H. The number of rotatable bonds is 8. The third-order valence-electron chi connectivity index (χ3n) is 5.25. The highest BCUT2D eigenvalue weighted by Gasteiger charge is 2.16. The minimum Gasteiger partial charge on any atom is -0.357 e. The monoisotopic (exact) mass is 542 g/mol. The number of piperazine rings is 1. The van der Waals surface area contributed by atoms with E-state index in [0.717, 1.165) is 43.7 Å². The van der Waals surface area contributed by atoms with E-state index in [1.807, 2.05) is 6.20 Å². The van der Waals surface area contributed by atoms with Crippen LogP contribution in [0.1, 0.15) is 34.9 Å². The van der Waals surface area contributed by atoms with E-state index in [0.29, 0.717) is 13.1 Å². The molecule has 2 aromatic rings. The number of aliphatic imine (C=N–C) groups is 1. The fourth-order valence-electron chi connectivity index (χ4n) is 3.52. The summed E-state index contributed by atoms with van der Waals surface area (Å²) in [5.41, 5.74) is 2.68. The number of benzene rings is 1. The molecule has 3 rings (SSSR count). The minimum absolute atomic E-state index is 0. The van der Waals surface area contributed by atoms with Crippen LogP contribution in [0, 0.1) is 6.92 Å². The van der Waals surface area contributed by atoms with Crippen LogP contribution < -0.4 is 10.6 Å². The molecule has 1 aromatic carbocycles. The Hall–Kier alpha value is -1.23. The summed E-state index contributed by atoms with van der Waals surface area (Å²) in [7, 11) is 0. The van der Waals surface area contributed by atoms with Crippen LogP contribution in [0.3, 0.4) is 0 Å². The maximum absolute atomic E-state index is 4.83. The first-order valence-electron chi connectivity index (χ1n) is 10.6. The summed E-state index contributed by atoms with van der Waals surface area (Å²) >= 11 is 1.72. The Kier molecular flexibility index (Phi) is 11.0. The summed E-state index contributed by atoms with van der Waals surface area (Å²) in [5, 5.41) is 7.83. The lowest BCUT2D eigenvalue weighted by atomic mass is 10.1. The second kappa shape index (κ2) is 13.2. The molecule has 0 aliphatic carbocycles. The SMILES string of the molecule is CCNC(=NCc1ccccc1CN1CCN(CC)CC1)NCc1ncc(C)s1.I. The van der Waals surface area contributed by atoms with E-state index >= 15 is 0 Å². The van der Waals surface area contributed by atoms with Crippen molar-refractivity contribution in [3.63, 3.8) is 0 Å². The van der Waals surface area contributed by atoms with Crippen molar-refractivity contribution in [1.29, 1.82) is 0 Å². The molecule has 1 fully saturated rings. The lowest BCUT2D eigenvalue weighted by Gasteiger charge is -2.34. The number of guanidine groups is 1. The third-order valence-corrected chi connectivity index (χ3v) is 6.17. The molecule has 30 heavy (non-hydrogen) atoms. The fraction of sp³-hybridized carbons (Fsp3) is 0.545. The normalized spacial score (nSPS) is 15.6. The van der Waals surface area contributed by atoms with Crippen molar-refractivity contribution in [1.82, 2.24) is 25.4 Å². The number of thiazole rings is 1. The second-order valence-electron chi connectivity index (χ2n) is 7.39. The number of hydrogen-bond donors (Lipinski definition) is 2. The van der Waals surface area contributed by atoms with Crippen molar-refractivity contribution in [3.8, 4) is 0 Å². The number of hydrogen-bond acceptors (Lipinski definition) is 5. The van der Waals surface area contributed by atoms with Gasteiger partial charge in [-0.1, -0.05) is 31.2 Å². The van der Waals surface area contributed by atoms with Gasteiger partial charge in [-0.05, 0) is 31.5 Å². The van der Waals surface area contributed by atoms with Gasteiger partial charge in [0.25, 0.3) is 0 Å². The Morgan fingerprint density at radius 3 is 2.40 bits per heavy atom. The second-order valence-corrected chi connectivity index (χ2v) is 8.71. The molecule has 1 saturated heterocycles. The summed E-state index contributed by atoms with van der Waals surface area (Å²) in [4.78, 5) is 15.6. The lowest BCUT2D eigenvalue weighted by molar-refractivity contribution is 0.131. The third kappa shape index (κ3) is 7.79. The van der Waals surface area contributed by atoms with Crippen LogP contribution in [0.4, 0.5) is 0 Å². The van der Waals surface area contributed by atoms with Gasteiger partial charge in [-0.2, -0.15) is 0 Å². The van der Waals surface area contributed by atoms with Gasteiger partial charge in [0.1, 0.15) is 5.01 Å². The number of nitrogens with zero attached hydrogens (tertiary/aromatic N) is 4. The Morgan fingerprint density at radius 1 is 1.07 bits per heavy atom. The predicted octanol–water partition coefficient (Wildman–Crippen LogP) is 3.46. The predicted molar refractivity (Wildman–Crippen MR) is 138 cm³/mol. The van der Waals surface area contributed by atoms with Crippen LogP contribution in [-0.4, -0.2) is 60.0 Å². The molecule has 166 valence electrons. The molecule has 8 heteroatoms. The van der Waals surface area contributed by atoms with E-state index in [1.165, 1.54) is 29.1 Å². The molecule has 0 bridgehead atoms. The fourth-order valence-corrected chi connectivity index (χ4v) is 4.25. The summed E-state index contributed by atoms with van der Waals surface area (Å²) in [6.07, 6.45) is 1.92. The van der Waals surface area contributed by atoms with Crippen molar-refractivity contribution in [3.05, 3.63) is 51.5 Å². The maximum Gasteiger partial charge on any atom is 0.191 e. The van der Waals surface area contributed by atoms with Crippen molar-refractivity contribution in [2.45, 2.75) is 40.4 Å². The Morgan fingerprint density at radius 2 is 1.77 bits per heavy atom. The number of nitrogens with one attached hydrogen (secondary N) is 2. The highest BCUT2D eigenvalue weighted by atomic mass is 127. The smallest absolute Gasteiger partial charge is 0.191 e. The van der Waals surface area contributed by atoms with Gasteiger partial charge in [0.15, 0.2) is 5.96 Å². The van der Waals surface area contributed by atoms with Gasteiger partial charge < -0.3 is 15.5 Å². The molecule has 0 unspecified atom stereocenters. The molecule has 1 aliphatic rings. The number of likely N-dealkylation sites (N-methyl/N-ethyl adjacent to an activating group) is 1. The molecule has 0 amide bonds. The van der Waals surface area contributed by atoms with Gasteiger partial charge in [-0.15, -0.1) is 35.3 Å². The van der Waals surface area contributed by atoms with E-state index in [9.17, 15) is 0 Å². The zero-order valence-electron chi connectivity index (χ0n) is 18.4. The molecule has 1 aliphatic heterocycles. The van der Waals surface area contributed by atoms with E-state index in [-0.39, 0.29) is 24.0 Å². The molecular weight excluding hydrogens is 507 g/mol. The summed E-state index contributed by atoms with van der Waals surface area (Å²) in [6, 6.07) is 8.70. The van der Waals surface area contributed by atoms with Crippen molar-refractivity contribution in [2.24, 2.45) is 4.99 Å². The minimum atomic E-state index is 0. The van der Waals surface area contributed by atoms with Crippen LogP contribution in [0.25, 0.3) is 0 Å². The van der Waals surface area contributed by atoms with Crippen LogP contribution >= 0.6 is 35.3 Å². The molecule has 0 atom stereocenters. The zero-order chi connectivity index (χ0) is 20.5. The quantitative estimate of drug-likeness (QED) is 0.304. The van der Waals surface area contributed by atoms with Crippen LogP contribution in [-0.2, 0) is 19.6 Å². The molecule has 2 heterocycles. The summed E-state index contributed by atoms with van der Waals surface area (Å²) < 4.78 is 0. The average Bonchev–Trinajstić information content (AvgIpc) is 3.17. The molecule has 0 spiro atoms. The Balaban J connectivity index is 0.00000320. The molecule has 0 radical (unpaired) electrons. The van der Waals surface area contributed by atoms with Crippen molar-refractivity contribution in [2.75, 3.05) is 39.3 Å². The van der Waals surface area contributed by atoms with Gasteiger partial charge in [0.05, 0.1) is 13.1 Å². The average molecular weight is 543 g/mol. The first kappa shape index (κ1) is 25.0. The summed E-state index contributed by atoms with van der Waals surface area (Å²) in [6.45, 7) is 15.4. The molecule has 1 aromatic heterocycles. The zero-order valence-corrected chi connectivity index (χ0v) is 21.5. The van der Waals surface area contributed by atoms with Crippen molar-refractivity contribution >= 4 is 41.3 Å². The van der Waals surface area contributed by atoms with Gasteiger partial charge in [0, 0.05) is 50.3 Å². The van der Waals surface area contributed by atoms with Gasteiger partial charge in [0.2, 0.25) is 0 Å². The van der Waals surface area contributed by atoms with Crippen LogP contribution in [0.15, 0.2) is 35.5 Å². The van der Waals surface area contributed by atoms with Gasteiger partial charge in [-0.3, -0.25) is 4.90 Å². The Bertz CT molecular complexity index is 785. The van der Waals surface area contributed by atoms with Crippen LogP contribution in [0.2, 0.25) is 0 Å². The van der Waals surface area contributed by atoms with E-state index in [4.69, 9.17) is 4.99 Å². The largest absolute Gasteiger partial charge is 0.357 e. The first-order valence-corrected chi connectivity index (χ1v) is 11.4. The van der Waals surface area contributed by atoms with Gasteiger partial charge >= 0.3 is 0 Å². The topological polar surface area (TPSA) is 55.8 Å². The molecule has 6 nitrogen and oxygen atoms in total. The van der Waals surface area contributed by atoms with Gasteiger partial charge in [-0.25, -0.2) is 9.98 Å². The van der Waals surface area contributed by atoms with E-state index in [1.54, 1.807) is 11.3 Å². The number of aromatic nitrogens is 1. The molecule has 0 saturated carbocycles.